The lowest BCUT2D eigenvalue weighted by Crippen LogP contribution is -2.44. The molecule has 1 heterocycles. The molecule has 7 nitrogen and oxygen atoms in total. The lowest BCUT2D eigenvalue weighted by Gasteiger charge is -2.38. The van der Waals surface area contributed by atoms with Gasteiger partial charge in [-0.2, -0.15) is 0 Å². The third kappa shape index (κ3) is 5.96. The van der Waals surface area contributed by atoms with E-state index in [0.717, 1.165) is 0 Å². The molecular formula is C21H33NO6Si. The molecule has 162 valence electrons. The quantitative estimate of drug-likeness (QED) is 0.524. The van der Waals surface area contributed by atoms with E-state index in [2.05, 4.69) is 33.9 Å². The predicted octanol–water partition coefficient (Wildman–Crippen LogP) is 4.14. The Morgan fingerprint density at radius 3 is 2.38 bits per heavy atom. The maximum Gasteiger partial charge on any atom is 0.407 e. The van der Waals surface area contributed by atoms with Gasteiger partial charge in [0, 0.05) is 19.0 Å². The summed E-state index contributed by atoms with van der Waals surface area (Å²) >= 11 is 0. The van der Waals surface area contributed by atoms with Crippen LogP contribution in [0.1, 0.15) is 33.6 Å². The number of hydrogen-bond acceptors (Lipinski definition) is 5. The van der Waals surface area contributed by atoms with Crippen molar-refractivity contribution < 1.29 is 28.6 Å². The summed E-state index contributed by atoms with van der Waals surface area (Å²) in [5.74, 6) is 0.0183. The van der Waals surface area contributed by atoms with E-state index in [1.54, 1.807) is 12.1 Å². The van der Waals surface area contributed by atoms with Gasteiger partial charge in [-0.1, -0.05) is 39.0 Å². The highest BCUT2D eigenvalue weighted by Gasteiger charge is 2.44. The van der Waals surface area contributed by atoms with Crippen molar-refractivity contribution in [2.75, 3.05) is 13.7 Å². The molecule has 1 aromatic carbocycles. The second-order valence-corrected chi connectivity index (χ2v) is 13.8. The third-order valence-corrected chi connectivity index (χ3v) is 10.4. The minimum Gasteiger partial charge on any atom is -0.479 e. The molecule has 1 aromatic rings. The molecule has 1 amide bonds. The number of carbonyl (C=O) groups is 2. The van der Waals surface area contributed by atoms with Crippen molar-refractivity contribution in [1.82, 2.24) is 4.90 Å². The van der Waals surface area contributed by atoms with Crippen LogP contribution in [0.15, 0.2) is 30.3 Å². The van der Waals surface area contributed by atoms with Crippen LogP contribution in [0, 0.1) is 0 Å². The van der Waals surface area contributed by atoms with Crippen LogP contribution in [0.4, 0.5) is 4.79 Å². The van der Waals surface area contributed by atoms with Crippen molar-refractivity contribution >= 4 is 20.4 Å². The van der Waals surface area contributed by atoms with Crippen LogP contribution in [-0.2, 0) is 14.0 Å². The van der Waals surface area contributed by atoms with E-state index in [1.807, 2.05) is 18.2 Å². The number of hydrogen-bond donors (Lipinski definition) is 1. The number of ether oxygens (including phenoxy) is 2. The number of rotatable bonds is 7. The first-order chi connectivity index (χ1) is 13.4. The minimum atomic E-state index is -2.04. The van der Waals surface area contributed by atoms with Gasteiger partial charge in [-0.25, -0.2) is 9.59 Å². The van der Waals surface area contributed by atoms with Crippen molar-refractivity contribution in [3.05, 3.63) is 30.3 Å². The fourth-order valence-electron chi connectivity index (χ4n) is 3.24. The van der Waals surface area contributed by atoms with Crippen molar-refractivity contribution in [3.8, 4) is 5.75 Å². The Hall–Kier alpha value is -2.06. The highest BCUT2D eigenvalue weighted by molar-refractivity contribution is 6.74. The van der Waals surface area contributed by atoms with Crippen LogP contribution >= 0.6 is 0 Å². The molecule has 0 aliphatic carbocycles. The van der Waals surface area contributed by atoms with Crippen LogP contribution in [-0.4, -0.2) is 62.3 Å². The van der Waals surface area contributed by atoms with Crippen LogP contribution in [0.2, 0.25) is 18.1 Å². The number of para-hydroxylation sites is 1. The maximum atomic E-state index is 12.3. The van der Waals surface area contributed by atoms with E-state index in [0.29, 0.717) is 18.7 Å². The van der Waals surface area contributed by atoms with Crippen LogP contribution in [0.5, 0.6) is 5.75 Å². The molecule has 29 heavy (non-hydrogen) atoms. The molecule has 1 unspecified atom stereocenters. The molecule has 1 aliphatic heterocycles. The SMILES string of the molecule is COC(=O)C(C[C@H]1C[C@@H](O[Si](C)(C)C(C)(C)C)CN1C(=O)O)Oc1ccccc1. The fraction of sp³-hybridized carbons (Fsp3) is 0.619. The number of benzene rings is 1. The monoisotopic (exact) mass is 423 g/mol. The summed E-state index contributed by atoms with van der Waals surface area (Å²) < 4.78 is 17.1. The van der Waals surface area contributed by atoms with Gasteiger partial charge >= 0.3 is 12.1 Å². The van der Waals surface area contributed by atoms with Crippen LogP contribution in [0.25, 0.3) is 0 Å². The van der Waals surface area contributed by atoms with E-state index in [1.165, 1.54) is 12.0 Å². The number of carboxylic acid groups (broad SMARTS) is 1. The molecule has 0 bridgehead atoms. The Morgan fingerprint density at radius 2 is 1.86 bits per heavy atom. The predicted molar refractivity (Wildman–Crippen MR) is 113 cm³/mol. The molecular weight excluding hydrogens is 390 g/mol. The third-order valence-electron chi connectivity index (χ3n) is 5.86. The largest absolute Gasteiger partial charge is 0.479 e. The van der Waals surface area contributed by atoms with Gasteiger partial charge in [0.1, 0.15) is 5.75 Å². The zero-order valence-corrected chi connectivity index (χ0v) is 19.2. The number of esters is 1. The zero-order chi connectivity index (χ0) is 21.8. The Morgan fingerprint density at radius 1 is 1.24 bits per heavy atom. The summed E-state index contributed by atoms with van der Waals surface area (Å²) in [6, 6.07) is 8.60. The number of carbonyl (C=O) groups excluding carboxylic acids is 1. The zero-order valence-electron chi connectivity index (χ0n) is 18.2. The lowest BCUT2D eigenvalue weighted by atomic mass is 10.1. The lowest BCUT2D eigenvalue weighted by molar-refractivity contribution is -0.149. The van der Waals surface area contributed by atoms with Gasteiger partial charge < -0.3 is 23.9 Å². The van der Waals surface area contributed by atoms with E-state index in [4.69, 9.17) is 13.9 Å². The molecule has 1 fully saturated rings. The molecule has 1 N–H and O–H groups in total. The van der Waals surface area contributed by atoms with Gasteiger partial charge in [-0.05, 0) is 36.7 Å². The second kappa shape index (κ2) is 9.17. The van der Waals surface area contributed by atoms with Crippen molar-refractivity contribution in [1.29, 1.82) is 0 Å². The van der Waals surface area contributed by atoms with Crippen molar-refractivity contribution in [2.45, 2.75) is 70.0 Å². The van der Waals surface area contributed by atoms with Gasteiger partial charge in [0.05, 0.1) is 13.2 Å². The number of amides is 1. The topological polar surface area (TPSA) is 85.3 Å². The summed E-state index contributed by atoms with van der Waals surface area (Å²) in [5.41, 5.74) is 0. The maximum absolute atomic E-state index is 12.3. The minimum absolute atomic E-state index is 0.0319. The molecule has 8 heteroatoms. The number of methoxy groups -OCH3 is 1. The van der Waals surface area contributed by atoms with E-state index in [-0.39, 0.29) is 23.6 Å². The Labute approximate surface area is 174 Å². The Balaban J connectivity index is 2.14. The average molecular weight is 424 g/mol. The molecule has 0 aromatic heterocycles. The molecule has 1 aliphatic rings. The summed E-state index contributed by atoms with van der Waals surface area (Å²) in [6.07, 6.45) is -1.34. The second-order valence-electron chi connectivity index (χ2n) is 9.00. The average Bonchev–Trinajstić information content (AvgIpc) is 3.02. The summed E-state index contributed by atoms with van der Waals surface area (Å²) in [5, 5.41) is 9.71. The van der Waals surface area contributed by atoms with Gasteiger partial charge in [0.2, 0.25) is 0 Å². The smallest absolute Gasteiger partial charge is 0.407 e. The molecule has 3 atom stereocenters. The van der Waals surface area contributed by atoms with Crippen molar-refractivity contribution in [2.24, 2.45) is 0 Å². The van der Waals surface area contributed by atoms with Gasteiger partial charge in [-0.15, -0.1) is 0 Å². The number of likely N-dealkylation sites (tertiary alicyclic amines) is 1. The molecule has 0 radical (unpaired) electrons. The summed E-state index contributed by atoms with van der Waals surface area (Å²) in [4.78, 5) is 25.5. The normalized spacial score (nSPS) is 21.0. The van der Waals surface area contributed by atoms with Gasteiger partial charge in [-0.3, -0.25) is 0 Å². The number of nitrogens with zero attached hydrogens (tertiary/aromatic N) is 1. The van der Waals surface area contributed by atoms with E-state index >= 15 is 0 Å². The van der Waals surface area contributed by atoms with Gasteiger partial charge in [0.15, 0.2) is 14.4 Å². The summed E-state index contributed by atoms with van der Waals surface area (Å²) in [7, 11) is -0.734. The first-order valence-corrected chi connectivity index (χ1v) is 12.8. The highest BCUT2D eigenvalue weighted by Crippen LogP contribution is 2.39. The van der Waals surface area contributed by atoms with Crippen molar-refractivity contribution in [3.63, 3.8) is 0 Å². The molecule has 0 saturated carbocycles. The van der Waals surface area contributed by atoms with E-state index < -0.39 is 26.5 Å². The van der Waals surface area contributed by atoms with Crippen LogP contribution < -0.4 is 4.74 Å². The Kier molecular flexibility index (Phi) is 7.34. The highest BCUT2D eigenvalue weighted by atomic mass is 28.4. The van der Waals surface area contributed by atoms with Gasteiger partial charge in [0.25, 0.3) is 0 Å². The first kappa shape index (κ1) is 23.2. The molecule has 1 saturated heterocycles. The first-order valence-electron chi connectivity index (χ1n) is 9.91. The summed E-state index contributed by atoms with van der Waals surface area (Å²) in [6.45, 7) is 11.1. The Bertz CT molecular complexity index is 703. The standard InChI is InChI=1S/C21H33NO6Si/c1-21(2,3)29(5,6)28-17-12-15(22(14-17)20(24)25)13-18(19(23)26-4)27-16-10-8-7-9-11-16/h7-11,15,17-18H,12-14H2,1-6H3,(H,24,25)/t15-,17-,18?/m1/s1. The fourth-order valence-corrected chi connectivity index (χ4v) is 4.60. The molecule has 2 rings (SSSR count). The molecule has 0 spiro atoms. The van der Waals surface area contributed by atoms with E-state index in [9.17, 15) is 14.7 Å². The van der Waals surface area contributed by atoms with Crippen LogP contribution in [0.3, 0.4) is 0 Å².